The van der Waals surface area contributed by atoms with E-state index in [0.717, 1.165) is 0 Å². The Labute approximate surface area is 144 Å². The molecule has 1 aromatic carbocycles. The van der Waals surface area contributed by atoms with Crippen LogP contribution < -0.4 is 20.1 Å². The van der Waals surface area contributed by atoms with Gasteiger partial charge < -0.3 is 20.1 Å². The number of carbonyl (C=O) groups excluding carboxylic acids is 1. The van der Waals surface area contributed by atoms with Gasteiger partial charge in [-0.15, -0.1) is 0 Å². The van der Waals surface area contributed by atoms with Crippen LogP contribution in [0.5, 0.6) is 11.5 Å². The second-order valence-electron chi connectivity index (χ2n) is 5.00. The lowest BCUT2D eigenvalue weighted by molar-refractivity contribution is 0.262. The van der Waals surface area contributed by atoms with Crippen molar-refractivity contribution in [1.82, 2.24) is 14.5 Å². The van der Waals surface area contributed by atoms with Gasteiger partial charge >= 0.3 is 6.03 Å². The highest BCUT2D eigenvalue weighted by Gasteiger charge is 2.12. The summed E-state index contributed by atoms with van der Waals surface area (Å²) in [5.74, 6) is 1.69. The van der Waals surface area contributed by atoms with E-state index < -0.39 is 6.03 Å². The molecule has 2 amide bonds. The summed E-state index contributed by atoms with van der Waals surface area (Å²) < 4.78 is 12.3. The molecular formula is C17H17N5O3. The number of imidazole rings is 1. The molecule has 25 heavy (non-hydrogen) atoms. The van der Waals surface area contributed by atoms with Gasteiger partial charge in [0, 0.05) is 12.4 Å². The van der Waals surface area contributed by atoms with Crippen molar-refractivity contribution in [2.24, 2.45) is 0 Å². The lowest BCUT2D eigenvalue weighted by Gasteiger charge is -2.14. The van der Waals surface area contributed by atoms with Crippen molar-refractivity contribution in [3.8, 4) is 17.3 Å². The Morgan fingerprint density at radius 1 is 1.12 bits per heavy atom. The largest absolute Gasteiger partial charge is 0.493 e. The number of nitrogens with zero attached hydrogens (tertiary/aromatic N) is 3. The number of rotatable bonds is 5. The van der Waals surface area contributed by atoms with E-state index in [1.165, 1.54) is 14.2 Å². The summed E-state index contributed by atoms with van der Waals surface area (Å²) in [5, 5.41) is 5.45. The Balaban J connectivity index is 1.69. The zero-order valence-corrected chi connectivity index (χ0v) is 13.8. The van der Waals surface area contributed by atoms with Gasteiger partial charge in [0.1, 0.15) is 12.1 Å². The average molecular weight is 339 g/mol. The number of anilines is 2. The summed E-state index contributed by atoms with van der Waals surface area (Å²) in [7, 11) is 3.05. The SMILES string of the molecule is COc1cccc(NC(=O)Nc2ccc(-n3ccnc3)nc2)c1OC. The summed E-state index contributed by atoms with van der Waals surface area (Å²) in [6.45, 7) is 0. The minimum Gasteiger partial charge on any atom is -0.493 e. The van der Waals surface area contributed by atoms with Gasteiger partial charge in [-0.3, -0.25) is 4.57 Å². The number of methoxy groups -OCH3 is 2. The molecule has 8 nitrogen and oxygen atoms in total. The molecule has 2 heterocycles. The summed E-state index contributed by atoms with van der Waals surface area (Å²) >= 11 is 0. The van der Waals surface area contributed by atoms with E-state index in [2.05, 4.69) is 20.6 Å². The first-order valence-electron chi connectivity index (χ1n) is 7.44. The topological polar surface area (TPSA) is 90.3 Å². The molecule has 0 unspecified atom stereocenters. The molecular weight excluding hydrogens is 322 g/mol. The fraction of sp³-hybridized carbons (Fsp3) is 0.118. The van der Waals surface area contributed by atoms with E-state index in [1.807, 2.05) is 0 Å². The number of nitrogens with one attached hydrogen (secondary N) is 2. The highest BCUT2D eigenvalue weighted by Crippen LogP contribution is 2.34. The molecule has 0 saturated carbocycles. The number of ether oxygens (including phenoxy) is 2. The van der Waals surface area contributed by atoms with E-state index >= 15 is 0 Å². The number of pyridine rings is 1. The average Bonchev–Trinajstić information content (AvgIpc) is 3.16. The highest BCUT2D eigenvalue weighted by molar-refractivity contribution is 6.00. The van der Waals surface area contributed by atoms with Crippen LogP contribution in [-0.4, -0.2) is 34.8 Å². The Morgan fingerprint density at radius 3 is 2.64 bits per heavy atom. The number of amides is 2. The molecule has 2 aromatic heterocycles. The van der Waals surface area contributed by atoms with Crippen LogP contribution in [-0.2, 0) is 0 Å². The number of aromatic nitrogens is 3. The molecule has 0 aliphatic heterocycles. The van der Waals surface area contributed by atoms with Gasteiger partial charge in [0.25, 0.3) is 0 Å². The zero-order chi connectivity index (χ0) is 17.6. The van der Waals surface area contributed by atoms with Crippen molar-refractivity contribution < 1.29 is 14.3 Å². The zero-order valence-electron chi connectivity index (χ0n) is 13.8. The summed E-state index contributed by atoms with van der Waals surface area (Å²) in [6, 6.07) is 8.36. The number of benzene rings is 1. The molecule has 0 radical (unpaired) electrons. The third kappa shape index (κ3) is 3.69. The number of carbonyl (C=O) groups is 1. The molecule has 0 spiro atoms. The molecule has 0 fully saturated rings. The molecule has 0 saturated heterocycles. The van der Waals surface area contributed by atoms with Crippen molar-refractivity contribution in [3.63, 3.8) is 0 Å². The van der Waals surface area contributed by atoms with E-state index in [1.54, 1.807) is 59.8 Å². The van der Waals surface area contributed by atoms with Gasteiger partial charge in [0.15, 0.2) is 11.5 Å². The van der Waals surface area contributed by atoms with Crippen molar-refractivity contribution >= 4 is 17.4 Å². The van der Waals surface area contributed by atoms with Crippen LogP contribution in [0.2, 0.25) is 0 Å². The smallest absolute Gasteiger partial charge is 0.323 e. The van der Waals surface area contributed by atoms with Crippen molar-refractivity contribution in [1.29, 1.82) is 0 Å². The Morgan fingerprint density at radius 2 is 2.00 bits per heavy atom. The maximum atomic E-state index is 12.2. The lowest BCUT2D eigenvalue weighted by atomic mass is 10.2. The Hall–Kier alpha value is -3.55. The molecule has 0 bridgehead atoms. The van der Waals surface area contributed by atoms with Crippen LogP contribution in [0.1, 0.15) is 0 Å². The molecule has 128 valence electrons. The first kappa shape index (κ1) is 16.3. The van der Waals surface area contributed by atoms with E-state index in [-0.39, 0.29) is 0 Å². The molecule has 0 aliphatic carbocycles. The van der Waals surface area contributed by atoms with Crippen molar-refractivity contribution in [3.05, 3.63) is 55.2 Å². The molecule has 0 aliphatic rings. The van der Waals surface area contributed by atoms with Crippen molar-refractivity contribution in [2.45, 2.75) is 0 Å². The van der Waals surface area contributed by atoms with Crippen LogP contribution >= 0.6 is 0 Å². The van der Waals surface area contributed by atoms with E-state index in [4.69, 9.17) is 9.47 Å². The van der Waals surface area contributed by atoms with E-state index in [9.17, 15) is 4.79 Å². The Bertz CT molecular complexity index is 847. The fourth-order valence-electron chi connectivity index (χ4n) is 2.28. The maximum Gasteiger partial charge on any atom is 0.323 e. The third-order valence-electron chi connectivity index (χ3n) is 3.43. The monoisotopic (exact) mass is 339 g/mol. The maximum absolute atomic E-state index is 12.2. The third-order valence-corrected chi connectivity index (χ3v) is 3.43. The standard InChI is InChI=1S/C17H17N5O3/c1-24-14-5-3-4-13(16(14)25-2)21-17(23)20-12-6-7-15(19-10-12)22-9-8-18-11-22/h3-11H,1-2H3,(H2,20,21,23). The summed E-state index contributed by atoms with van der Waals surface area (Å²) in [4.78, 5) is 20.4. The summed E-state index contributed by atoms with van der Waals surface area (Å²) in [5.41, 5.74) is 1.06. The van der Waals surface area contributed by atoms with Gasteiger partial charge in [0.2, 0.25) is 0 Å². The molecule has 0 atom stereocenters. The minimum atomic E-state index is -0.413. The van der Waals surface area contributed by atoms with Crippen LogP contribution in [0, 0.1) is 0 Å². The molecule has 3 aromatic rings. The van der Waals surface area contributed by atoms with E-state index in [0.29, 0.717) is 28.7 Å². The van der Waals surface area contributed by atoms with Crippen LogP contribution in [0.4, 0.5) is 16.2 Å². The molecule has 2 N–H and O–H groups in total. The minimum absolute atomic E-state index is 0.413. The number of hydrogen-bond donors (Lipinski definition) is 2. The first-order valence-corrected chi connectivity index (χ1v) is 7.44. The van der Waals surface area contributed by atoms with Gasteiger partial charge in [0.05, 0.1) is 31.8 Å². The Kier molecular flexibility index (Phi) is 4.79. The predicted molar refractivity (Wildman–Crippen MR) is 93.5 cm³/mol. The van der Waals surface area contributed by atoms with Gasteiger partial charge in [-0.05, 0) is 24.3 Å². The quantitative estimate of drug-likeness (QED) is 0.746. The molecule has 8 heteroatoms. The second kappa shape index (κ2) is 7.35. The number of para-hydroxylation sites is 1. The van der Waals surface area contributed by atoms with Crippen LogP contribution in [0.3, 0.4) is 0 Å². The van der Waals surface area contributed by atoms with Gasteiger partial charge in [-0.2, -0.15) is 0 Å². The van der Waals surface area contributed by atoms with Gasteiger partial charge in [-0.1, -0.05) is 6.07 Å². The fourth-order valence-corrected chi connectivity index (χ4v) is 2.28. The first-order chi connectivity index (χ1) is 12.2. The van der Waals surface area contributed by atoms with Crippen LogP contribution in [0.25, 0.3) is 5.82 Å². The molecule has 3 rings (SSSR count). The highest BCUT2D eigenvalue weighted by atomic mass is 16.5. The lowest BCUT2D eigenvalue weighted by Crippen LogP contribution is -2.20. The van der Waals surface area contributed by atoms with Crippen LogP contribution in [0.15, 0.2) is 55.2 Å². The summed E-state index contributed by atoms with van der Waals surface area (Å²) in [6.07, 6.45) is 6.68. The number of hydrogen-bond acceptors (Lipinski definition) is 5. The second-order valence-corrected chi connectivity index (χ2v) is 5.00. The number of urea groups is 1. The van der Waals surface area contributed by atoms with Crippen molar-refractivity contribution in [2.75, 3.05) is 24.9 Å². The predicted octanol–water partition coefficient (Wildman–Crippen LogP) is 2.93. The normalized spacial score (nSPS) is 10.2. The van der Waals surface area contributed by atoms with Gasteiger partial charge in [-0.25, -0.2) is 14.8 Å².